The molecule has 0 fully saturated rings. The number of rotatable bonds is 7. The standard InChI is InChI=1S/C15H24ClNO2/c1-10(2)13-7-15(11(3)6-14(13)16)19-12(8-17-4)9-18-5/h6-7,10,12,17H,8-9H2,1-5H3. The van der Waals surface area contributed by atoms with Gasteiger partial charge in [-0.15, -0.1) is 0 Å². The van der Waals surface area contributed by atoms with Crippen LogP contribution in [0.15, 0.2) is 12.1 Å². The molecule has 1 aromatic rings. The molecule has 0 spiro atoms. The summed E-state index contributed by atoms with van der Waals surface area (Å²) in [6.45, 7) is 7.56. The minimum atomic E-state index is -0.00473. The Hall–Kier alpha value is -0.770. The molecule has 0 saturated heterocycles. The average molecular weight is 286 g/mol. The summed E-state index contributed by atoms with van der Waals surface area (Å²) in [5, 5.41) is 3.91. The molecule has 0 aromatic heterocycles. The molecular weight excluding hydrogens is 262 g/mol. The fourth-order valence-corrected chi connectivity index (χ4v) is 2.40. The number of benzene rings is 1. The lowest BCUT2D eigenvalue weighted by atomic mass is 10.0. The van der Waals surface area contributed by atoms with Crippen LogP contribution in [0, 0.1) is 6.92 Å². The van der Waals surface area contributed by atoms with Crippen molar-refractivity contribution in [2.75, 3.05) is 27.3 Å². The zero-order valence-corrected chi connectivity index (χ0v) is 13.2. The molecule has 1 atom stereocenters. The molecule has 1 unspecified atom stereocenters. The number of nitrogens with one attached hydrogen (secondary N) is 1. The highest BCUT2D eigenvalue weighted by atomic mass is 35.5. The van der Waals surface area contributed by atoms with Crippen LogP contribution < -0.4 is 10.1 Å². The number of methoxy groups -OCH3 is 1. The molecular formula is C15H24ClNO2. The predicted molar refractivity (Wildman–Crippen MR) is 80.5 cm³/mol. The highest BCUT2D eigenvalue weighted by molar-refractivity contribution is 6.31. The van der Waals surface area contributed by atoms with Crippen molar-refractivity contribution in [2.45, 2.75) is 32.8 Å². The Morgan fingerprint density at radius 1 is 1.32 bits per heavy atom. The van der Waals surface area contributed by atoms with Gasteiger partial charge in [0, 0.05) is 18.7 Å². The van der Waals surface area contributed by atoms with Crippen LogP contribution in [0.2, 0.25) is 5.02 Å². The number of ether oxygens (including phenoxy) is 2. The van der Waals surface area contributed by atoms with Crippen molar-refractivity contribution in [1.82, 2.24) is 5.32 Å². The van der Waals surface area contributed by atoms with E-state index in [4.69, 9.17) is 21.1 Å². The maximum Gasteiger partial charge on any atom is 0.134 e. The first-order chi connectivity index (χ1) is 8.99. The summed E-state index contributed by atoms with van der Waals surface area (Å²) < 4.78 is 11.2. The Balaban J connectivity index is 2.95. The third kappa shape index (κ3) is 4.68. The lowest BCUT2D eigenvalue weighted by Gasteiger charge is -2.21. The predicted octanol–water partition coefficient (Wildman–Crippen LogP) is 3.39. The molecule has 0 radical (unpaired) electrons. The maximum absolute atomic E-state index is 6.26. The van der Waals surface area contributed by atoms with Crippen molar-refractivity contribution >= 4 is 11.6 Å². The molecule has 4 heteroatoms. The minimum Gasteiger partial charge on any atom is -0.486 e. The van der Waals surface area contributed by atoms with Crippen LogP contribution in [-0.4, -0.2) is 33.4 Å². The summed E-state index contributed by atoms with van der Waals surface area (Å²) in [4.78, 5) is 0. The first-order valence-electron chi connectivity index (χ1n) is 6.59. The molecule has 1 aromatic carbocycles. The van der Waals surface area contributed by atoms with Crippen LogP contribution in [0.4, 0.5) is 0 Å². The van der Waals surface area contributed by atoms with Crippen LogP contribution in [-0.2, 0) is 4.74 Å². The fourth-order valence-electron chi connectivity index (χ4n) is 1.97. The number of aryl methyl sites for hydroxylation is 1. The van der Waals surface area contributed by atoms with E-state index in [-0.39, 0.29) is 6.10 Å². The van der Waals surface area contributed by atoms with E-state index in [2.05, 4.69) is 19.2 Å². The average Bonchev–Trinajstić information content (AvgIpc) is 2.32. The second-order valence-corrected chi connectivity index (χ2v) is 5.45. The topological polar surface area (TPSA) is 30.5 Å². The second kappa shape index (κ2) is 7.73. The van der Waals surface area contributed by atoms with Crippen LogP contribution in [0.5, 0.6) is 5.75 Å². The summed E-state index contributed by atoms with van der Waals surface area (Å²) in [6.07, 6.45) is -0.00473. The van der Waals surface area contributed by atoms with E-state index in [0.717, 1.165) is 28.4 Å². The van der Waals surface area contributed by atoms with Gasteiger partial charge in [0.15, 0.2) is 0 Å². The number of hydrogen-bond acceptors (Lipinski definition) is 3. The van der Waals surface area contributed by atoms with Crippen molar-refractivity contribution in [3.8, 4) is 5.75 Å². The molecule has 0 aliphatic rings. The molecule has 0 heterocycles. The number of halogens is 1. The Bertz CT molecular complexity index is 401. The Morgan fingerprint density at radius 2 is 2.00 bits per heavy atom. The Morgan fingerprint density at radius 3 is 2.53 bits per heavy atom. The van der Waals surface area contributed by atoms with Gasteiger partial charge in [-0.25, -0.2) is 0 Å². The van der Waals surface area contributed by atoms with Gasteiger partial charge in [0.1, 0.15) is 11.9 Å². The van der Waals surface area contributed by atoms with Gasteiger partial charge >= 0.3 is 0 Å². The van der Waals surface area contributed by atoms with Crippen LogP contribution in [0.3, 0.4) is 0 Å². The first-order valence-corrected chi connectivity index (χ1v) is 6.97. The molecule has 19 heavy (non-hydrogen) atoms. The van der Waals surface area contributed by atoms with Gasteiger partial charge in [-0.2, -0.15) is 0 Å². The highest BCUT2D eigenvalue weighted by Crippen LogP contribution is 2.31. The smallest absolute Gasteiger partial charge is 0.134 e. The third-order valence-electron chi connectivity index (χ3n) is 2.99. The van der Waals surface area contributed by atoms with Crippen LogP contribution in [0.25, 0.3) is 0 Å². The molecule has 0 bridgehead atoms. The van der Waals surface area contributed by atoms with Crippen molar-refractivity contribution in [2.24, 2.45) is 0 Å². The molecule has 1 rings (SSSR count). The van der Waals surface area contributed by atoms with E-state index in [1.165, 1.54) is 0 Å². The molecule has 0 saturated carbocycles. The van der Waals surface area contributed by atoms with Crippen molar-refractivity contribution in [3.63, 3.8) is 0 Å². The summed E-state index contributed by atoms with van der Waals surface area (Å²) in [6, 6.07) is 4.01. The monoisotopic (exact) mass is 285 g/mol. The maximum atomic E-state index is 6.26. The van der Waals surface area contributed by atoms with E-state index in [1.54, 1.807) is 7.11 Å². The lowest BCUT2D eigenvalue weighted by molar-refractivity contribution is 0.0813. The molecule has 0 aliphatic carbocycles. The quantitative estimate of drug-likeness (QED) is 0.833. The van der Waals surface area contributed by atoms with E-state index in [9.17, 15) is 0 Å². The van der Waals surface area contributed by atoms with Gasteiger partial charge < -0.3 is 14.8 Å². The lowest BCUT2D eigenvalue weighted by Crippen LogP contribution is -2.33. The third-order valence-corrected chi connectivity index (χ3v) is 3.32. The van der Waals surface area contributed by atoms with Gasteiger partial charge in [-0.1, -0.05) is 25.4 Å². The fraction of sp³-hybridized carbons (Fsp3) is 0.600. The molecule has 108 valence electrons. The van der Waals surface area contributed by atoms with Crippen molar-refractivity contribution in [1.29, 1.82) is 0 Å². The van der Waals surface area contributed by atoms with Gasteiger partial charge in [0.2, 0.25) is 0 Å². The summed E-state index contributed by atoms with van der Waals surface area (Å²) in [5.74, 6) is 1.26. The highest BCUT2D eigenvalue weighted by Gasteiger charge is 2.14. The van der Waals surface area contributed by atoms with E-state index < -0.39 is 0 Å². The van der Waals surface area contributed by atoms with E-state index >= 15 is 0 Å². The Labute approximate surface area is 121 Å². The van der Waals surface area contributed by atoms with Gasteiger partial charge in [0.25, 0.3) is 0 Å². The summed E-state index contributed by atoms with van der Waals surface area (Å²) in [5.41, 5.74) is 2.16. The van der Waals surface area contributed by atoms with E-state index in [1.807, 2.05) is 26.1 Å². The van der Waals surface area contributed by atoms with Crippen LogP contribution in [0.1, 0.15) is 30.9 Å². The van der Waals surface area contributed by atoms with Gasteiger partial charge in [0.05, 0.1) is 6.61 Å². The second-order valence-electron chi connectivity index (χ2n) is 5.05. The number of hydrogen-bond donors (Lipinski definition) is 1. The summed E-state index contributed by atoms with van der Waals surface area (Å²) >= 11 is 6.26. The molecule has 3 nitrogen and oxygen atoms in total. The largest absolute Gasteiger partial charge is 0.486 e. The normalized spacial score (nSPS) is 12.8. The molecule has 1 N–H and O–H groups in total. The van der Waals surface area contributed by atoms with Crippen LogP contribution >= 0.6 is 11.6 Å². The van der Waals surface area contributed by atoms with E-state index in [0.29, 0.717) is 12.5 Å². The van der Waals surface area contributed by atoms with Gasteiger partial charge in [-0.05, 0) is 43.1 Å². The SMILES string of the molecule is CNCC(COC)Oc1cc(C(C)C)c(Cl)cc1C. The Kier molecular flexibility index (Phi) is 6.63. The summed E-state index contributed by atoms with van der Waals surface area (Å²) in [7, 11) is 3.58. The minimum absolute atomic E-state index is 0.00473. The zero-order valence-electron chi connectivity index (χ0n) is 12.4. The zero-order chi connectivity index (χ0) is 14.4. The molecule has 0 aliphatic heterocycles. The number of likely N-dealkylation sites (N-methyl/N-ethyl adjacent to an activating group) is 1. The van der Waals surface area contributed by atoms with Crippen molar-refractivity contribution in [3.05, 3.63) is 28.3 Å². The van der Waals surface area contributed by atoms with Crippen molar-refractivity contribution < 1.29 is 9.47 Å². The van der Waals surface area contributed by atoms with Gasteiger partial charge in [-0.3, -0.25) is 0 Å². The molecule has 0 amide bonds. The first kappa shape index (κ1) is 16.3.